The lowest BCUT2D eigenvalue weighted by atomic mass is 10.1. The van der Waals surface area contributed by atoms with Crippen LogP contribution < -0.4 is 0 Å². The van der Waals surface area contributed by atoms with Crippen LogP contribution in [0.15, 0.2) is 30.3 Å². The number of sulfonamides is 1. The molecule has 1 aliphatic carbocycles. The third kappa shape index (κ3) is 4.55. The number of nitrogens with zero attached hydrogens (tertiary/aromatic N) is 2. The first-order valence-electron chi connectivity index (χ1n) is 8.82. The van der Waals surface area contributed by atoms with E-state index >= 15 is 0 Å². The van der Waals surface area contributed by atoms with Gasteiger partial charge in [-0.15, -0.1) is 0 Å². The standard InChI is InChI=1S/C18H28N2O2S/c1-16(18-9-10-18)19-11-13-20(14-12-19)23(21,22)15-5-8-17-6-3-2-4-7-17/h2-4,6-7,16,18H,5,8-15H2,1H3. The molecule has 0 N–H and O–H groups in total. The highest BCUT2D eigenvalue weighted by Gasteiger charge is 2.35. The Hall–Kier alpha value is -0.910. The summed E-state index contributed by atoms with van der Waals surface area (Å²) in [5.74, 6) is 1.11. The van der Waals surface area contributed by atoms with Crippen molar-refractivity contribution in [1.29, 1.82) is 0 Å². The van der Waals surface area contributed by atoms with E-state index in [1.54, 1.807) is 4.31 Å². The van der Waals surface area contributed by atoms with Crippen LogP contribution in [0.1, 0.15) is 31.7 Å². The van der Waals surface area contributed by atoms with Crippen LogP contribution in [0.4, 0.5) is 0 Å². The van der Waals surface area contributed by atoms with Crippen molar-refractivity contribution >= 4 is 10.0 Å². The summed E-state index contributed by atoms with van der Waals surface area (Å²) in [4.78, 5) is 2.47. The fourth-order valence-corrected chi connectivity index (χ4v) is 4.99. The molecule has 0 amide bonds. The second-order valence-electron chi connectivity index (χ2n) is 6.92. The maximum atomic E-state index is 12.5. The normalized spacial score (nSPS) is 22.1. The summed E-state index contributed by atoms with van der Waals surface area (Å²) in [6.07, 6.45) is 4.22. The molecule has 1 unspecified atom stereocenters. The highest BCUT2D eigenvalue weighted by atomic mass is 32.2. The highest BCUT2D eigenvalue weighted by molar-refractivity contribution is 7.89. The van der Waals surface area contributed by atoms with E-state index in [-0.39, 0.29) is 5.75 Å². The van der Waals surface area contributed by atoms with Crippen LogP contribution >= 0.6 is 0 Å². The molecule has 0 spiro atoms. The van der Waals surface area contributed by atoms with Gasteiger partial charge in [-0.3, -0.25) is 4.90 Å². The fourth-order valence-electron chi connectivity index (χ4n) is 3.50. The summed E-state index contributed by atoms with van der Waals surface area (Å²) < 4.78 is 26.7. The quantitative estimate of drug-likeness (QED) is 0.767. The van der Waals surface area contributed by atoms with Crippen LogP contribution in [0.25, 0.3) is 0 Å². The Kier molecular flexibility index (Phi) is 5.39. The van der Waals surface area contributed by atoms with E-state index in [1.807, 2.05) is 18.2 Å². The molecule has 1 saturated carbocycles. The summed E-state index contributed by atoms with van der Waals surface area (Å²) >= 11 is 0. The lowest BCUT2D eigenvalue weighted by Crippen LogP contribution is -2.52. The van der Waals surface area contributed by atoms with Gasteiger partial charge in [-0.2, -0.15) is 4.31 Å². The van der Waals surface area contributed by atoms with Gasteiger partial charge in [0.1, 0.15) is 0 Å². The Morgan fingerprint density at radius 3 is 2.35 bits per heavy atom. The van der Waals surface area contributed by atoms with Gasteiger partial charge in [0.25, 0.3) is 0 Å². The van der Waals surface area contributed by atoms with E-state index in [0.29, 0.717) is 25.6 Å². The summed E-state index contributed by atoms with van der Waals surface area (Å²) in [7, 11) is -3.10. The van der Waals surface area contributed by atoms with Gasteiger partial charge in [-0.25, -0.2) is 8.42 Å². The summed E-state index contributed by atoms with van der Waals surface area (Å²) in [5.41, 5.74) is 1.21. The van der Waals surface area contributed by atoms with Gasteiger partial charge < -0.3 is 0 Å². The maximum absolute atomic E-state index is 12.5. The van der Waals surface area contributed by atoms with E-state index in [0.717, 1.165) is 25.4 Å². The van der Waals surface area contributed by atoms with Crippen molar-refractivity contribution < 1.29 is 8.42 Å². The average molecular weight is 337 g/mol. The molecule has 0 radical (unpaired) electrons. The molecule has 3 rings (SSSR count). The van der Waals surface area contributed by atoms with E-state index in [4.69, 9.17) is 0 Å². The Bertz CT molecular complexity index is 591. The zero-order chi connectivity index (χ0) is 16.3. The van der Waals surface area contributed by atoms with Gasteiger partial charge in [-0.1, -0.05) is 30.3 Å². The summed E-state index contributed by atoms with van der Waals surface area (Å²) in [6.45, 7) is 5.38. The molecule has 2 fully saturated rings. The Balaban J connectivity index is 1.44. The monoisotopic (exact) mass is 336 g/mol. The van der Waals surface area contributed by atoms with Gasteiger partial charge in [0.15, 0.2) is 0 Å². The van der Waals surface area contributed by atoms with Crippen LogP contribution in [0, 0.1) is 5.92 Å². The molecule has 1 atom stereocenters. The van der Waals surface area contributed by atoms with E-state index < -0.39 is 10.0 Å². The number of aryl methyl sites for hydroxylation is 1. The lowest BCUT2D eigenvalue weighted by molar-refractivity contribution is 0.133. The van der Waals surface area contributed by atoms with Crippen LogP contribution in [-0.2, 0) is 16.4 Å². The highest BCUT2D eigenvalue weighted by Crippen LogP contribution is 2.35. The van der Waals surface area contributed by atoms with Gasteiger partial charge in [0.2, 0.25) is 10.0 Å². The van der Waals surface area contributed by atoms with Crippen molar-refractivity contribution in [3.8, 4) is 0 Å². The molecule has 4 nitrogen and oxygen atoms in total. The molecule has 128 valence electrons. The second kappa shape index (κ2) is 7.32. The minimum absolute atomic E-state index is 0.264. The first-order valence-corrected chi connectivity index (χ1v) is 10.4. The SMILES string of the molecule is CC(C1CC1)N1CCN(S(=O)(=O)CCCc2ccccc2)CC1. The predicted molar refractivity (Wildman–Crippen MR) is 93.9 cm³/mol. The Morgan fingerprint density at radius 1 is 1.09 bits per heavy atom. The number of hydrogen-bond donors (Lipinski definition) is 0. The molecule has 1 saturated heterocycles. The molecule has 23 heavy (non-hydrogen) atoms. The van der Waals surface area contributed by atoms with Crippen LogP contribution in [0.5, 0.6) is 0 Å². The molecule has 1 aromatic carbocycles. The van der Waals surface area contributed by atoms with Crippen molar-refractivity contribution in [3.05, 3.63) is 35.9 Å². The van der Waals surface area contributed by atoms with Gasteiger partial charge in [0, 0.05) is 32.2 Å². The summed E-state index contributed by atoms with van der Waals surface area (Å²) in [6, 6.07) is 10.7. The summed E-state index contributed by atoms with van der Waals surface area (Å²) in [5, 5.41) is 0. The van der Waals surface area contributed by atoms with Crippen molar-refractivity contribution in [2.24, 2.45) is 5.92 Å². The lowest BCUT2D eigenvalue weighted by Gasteiger charge is -2.37. The molecular formula is C18H28N2O2S. The van der Waals surface area contributed by atoms with Gasteiger partial charge >= 0.3 is 0 Å². The first-order chi connectivity index (χ1) is 11.1. The zero-order valence-corrected chi connectivity index (χ0v) is 14.8. The predicted octanol–water partition coefficient (Wildman–Crippen LogP) is 2.37. The maximum Gasteiger partial charge on any atom is 0.214 e. The molecular weight excluding hydrogens is 308 g/mol. The van der Waals surface area contributed by atoms with Crippen molar-refractivity contribution in [3.63, 3.8) is 0 Å². The molecule has 5 heteroatoms. The first kappa shape index (κ1) is 16.9. The van der Waals surface area contributed by atoms with E-state index in [2.05, 4.69) is 24.0 Å². The third-order valence-electron chi connectivity index (χ3n) is 5.26. The minimum atomic E-state index is -3.10. The Labute approximate surface area is 140 Å². The topological polar surface area (TPSA) is 40.6 Å². The smallest absolute Gasteiger partial charge is 0.214 e. The van der Waals surface area contributed by atoms with E-state index in [1.165, 1.54) is 18.4 Å². The Morgan fingerprint density at radius 2 is 1.74 bits per heavy atom. The minimum Gasteiger partial charge on any atom is -0.298 e. The number of benzene rings is 1. The molecule has 0 aromatic heterocycles. The molecule has 2 aliphatic rings. The van der Waals surface area contributed by atoms with Crippen molar-refractivity contribution in [1.82, 2.24) is 9.21 Å². The van der Waals surface area contributed by atoms with Gasteiger partial charge in [0.05, 0.1) is 5.75 Å². The van der Waals surface area contributed by atoms with Gasteiger partial charge in [-0.05, 0) is 44.1 Å². The van der Waals surface area contributed by atoms with E-state index in [9.17, 15) is 8.42 Å². The second-order valence-corrected chi connectivity index (χ2v) is 9.01. The fraction of sp³-hybridized carbons (Fsp3) is 0.667. The number of hydrogen-bond acceptors (Lipinski definition) is 3. The largest absolute Gasteiger partial charge is 0.298 e. The molecule has 1 aliphatic heterocycles. The molecule has 0 bridgehead atoms. The third-order valence-corrected chi connectivity index (χ3v) is 7.21. The molecule has 1 aromatic rings. The van der Waals surface area contributed by atoms with Crippen LogP contribution in [-0.4, -0.2) is 55.6 Å². The number of rotatable bonds is 7. The average Bonchev–Trinajstić information content (AvgIpc) is 3.40. The van der Waals surface area contributed by atoms with Crippen LogP contribution in [0.2, 0.25) is 0 Å². The van der Waals surface area contributed by atoms with Crippen molar-refractivity contribution in [2.75, 3.05) is 31.9 Å². The number of piperazine rings is 1. The zero-order valence-electron chi connectivity index (χ0n) is 14.0. The molecule has 1 heterocycles. The van der Waals surface area contributed by atoms with Crippen LogP contribution in [0.3, 0.4) is 0 Å². The van der Waals surface area contributed by atoms with Crippen molar-refractivity contribution in [2.45, 2.75) is 38.6 Å².